The van der Waals surface area contributed by atoms with Crippen molar-refractivity contribution >= 4 is 17.5 Å². The van der Waals surface area contributed by atoms with Gasteiger partial charge in [-0.1, -0.05) is 36.4 Å². The van der Waals surface area contributed by atoms with Gasteiger partial charge in [-0.2, -0.15) is 0 Å². The first-order chi connectivity index (χ1) is 14.6. The Hall–Kier alpha value is -2.73. The molecule has 0 unspecified atom stereocenters. The summed E-state index contributed by atoms with van der Waals surface area (Å²) < 4.78 is 19.0. The Morgan fingerprint density at radius 2 is 1.87 bits per heavy atom. The number of nitrogens with zero attached hydrogens (tertiary/aromatic N) is 1. The zero-order valence-corrected chi connectivity index (χ0v) is 17.0. The highest BCUT2D eigenvalue weighted by atomic mass is 19.1. The van der Waals surface area contributed by atoms with Crippen LogP contribution in [0.3, 0.4) is 0 Å². The average molecular weight is 410 g/mol. The van der Waals surface area contributed by atoms with Crippen LogP contribution in [0, 0.1) is 17.2 Å². The van der Waals surface area contributed by atoms with Crippen LogP contribution in [0.2, 0.25) is 0 Å². The number of aryl methyl sites for hydroxylation is 1. The average Bonchev–Trinajstić information content (AvgIpc) is 3.12. The number of hydrogen-bond acceptors (Lipinski definition) is 3. The van der Waals surface area contributed by atoms with Gasteiger partial charge in [-0.05, 0) is 43.0 Å². The molecule has 5 nitrogen and oxygen atoms in total. The summed E-state index contributed by atoms with van der Waals surface area (Å²) in [5.41, 5.74) is 1.29. The highest BCUT2D eigenvalue weighted by molar-refractivity contribution is 5.94. The van der Waals surface area contributed by atoms with Gasteiger partial charge in [-0.25, -0.2) is 4.39 Å². The maximum Gasteiger partial charge on any atom is 0.229 e. The molecule has 2 aromatic rings. The lowest BCUT2D eigenvalue weighted by Crippen LogP contribution is -2.42. The molecular formula is C24H27FN2O3. The van der Waals surface area contributed by atoms with Gasteiger partial charge < -0.3 is 15.0 Å². The number of carbonyl (C=O) groups is 2. The van der Waals surface area contributed by atoms with E-state index < -0.39 is 5.82 Å². The van der Waals surface area contributed by atoms with Gasteiger partial charge in [-0.15, -0.1) is 0 Å². The second-order valence-electron chi connectivity index (χ2n) is 8.29. The van der Waals surface area contributed by atoms with Crippen molar-refractivity contribution in [1.29, 1.82) is 0 Å². The predicted octanol–water partition coefficient (Wildman–Crippen LogP) is 3.65. The molecule has 4 rings (SSSR count). The van der Waals surface area contributed by atoms with Crippen molar-refractivity contribution in [2.24, 2.45) is 11.3 Å². The molecule has 1 atom stereocenters. The van der Waals surface area contributed by atoms with Crippen molar-refractivity contribution in [2.45, 2.75) is 25.7 Å². The smallest absolute Gasteiger partial charge is 0.229 e. The van der Waals surface area contributed by atoms with Gasteiger partial charge in [-0.3, -0.25) is 9.59 Å². The third kappa shape index (κ3) is 4.54. The normalized spacial score (nSPS) is 20.3. The number of hydrogen-bond donors (Lipinski definition) is 1. The summed E-state index contributed by atoms with van der Waals surface area (Å²) in [6.07, 6.45) is 2.61. The van der Waals surface area contributed by atoms with Crippen molar-refractivity contribution in [2.75, 3.05) is 31.6 Å². The standard InChI is InChI=1S/C24H27FN2O3/c25-19-7-4-8-20(15-19)26-23(29)21-16-27(17-24(21)11-13-30-14-12-24)22(28)10-9-18-5-2-1-3-6-18/h1-8,15,21H,9-14,16-17H2,(H,26,29)/t21-/m1/s1. The summed E-state index contributed by atoms with van der Waals surface area (Å²) in [6, 6.07) is 15.9. The van der Waals surface area contributed by atoms with Crippen LogP contribution in [-0.2, 0) is 20.7 Å². The molecule has 158 valence electrons. The van der Waals surface area contributed by atoms with Crippen LogP contribution in [0.4, 0.5) is 10.1 Å². The minimum atomic E-state index is -0.391. The first-order valence-corrected chi connectivity index (χ1v) is 10.5. The van der Waals surface area contributed by atoms with Crippen molar-refractivity contribution in [1.82, 2.24) is 4.90 Å². The molecule has 2 aliphatic heterocycles. The van der Waals surface area contributed by atoms with Crippen LogP contribution in [-0.4, -0.2) is 43.0 Å². The van der Waals surface area contributed by atoms with E-state index in [1.54, 1.807) is 12.1 Å². The van der Waals surface area contributed by atoms with Crippen molar-refractivity contribution < 1.29 is 18.7 Å². The topological polar surface area (TPSA) is 58.6 Å². The number of carbonyl (C=O) groups excluding carboxylic acids is 2. The Morgan fingerprint density at radius 3 is 2.60 bits per heavy atom. The molecule has 6 heteroatoms. The maximum atomic E-state index is 13.5. The fraction of sp³-hybridized carbons (Fsp3) is 0.417. The minimum Gasteiger partial charge on any atom is -0.381 e. The number of benzene rings is 2. The van der Waals surface area contributed by atoms with Gasteiger partial charge >= 0.3 is 0 Å². The summed E-state index contributed by atoms with van der Waals surface area (Å²) in [6.45, 7) is 2.16. The lowest BCUT2D eigenvalue weighted by molar-refractivity contribution is -0.130. The summed E-state index contributed by atoms with van der Waals surface area (Å²) in [5, 5.41) is 2.86. The number of halogens is 1. The largest absolute Gasteiger partial charge is 0.381 e. The lowest BCUT2D eigenvalue weighted by atomic mass is 9.71. The molecule has 0 radical (unpaired) electrons. The molecule has 2 aliphatic rings. The molecule has 1 N–H and O–H groups in total. The zero-order valence-electron chi connectivity index (χ0n) is 17.0. The van der Waals surface area contributed by atoms with E-state index in [0.717, 1.165) is 18.4 Å². The molecule has 1 spiro atoms. The van der Waals surface area contributed by atoms with Gasteiger partial charge in [0.2, 0.25) is 11.8 Å². The summed E-state index contributed by atoms with van der Waals surface area (Å²) >= 11 is 0. The summed E-state index contributed by atoms with van der Waals surface area (Å²) in [7, 11) is 0. The van der Waals surface area contributed by atoms with Crippen molar-refractivity contribution in [3.63, 3.8) is 0 Å². The number of anilines is 1. The Morgan fingerprint density at radius 1 is 1.10 bits per heavy atom. The van der Waals surface area contributed by atoms with E-state index >= 15 is 0 Å². The highest BCUT2D eigenvalue weighted by Crippen LogP contribution is 2.45. The first kappa shape index (κ1) is 20.5. The van der Waals surface area contributed by atoms with Crippen LogP contribution >= 0.6 is 0 Å². The van der Waals surface area contributed by atoms with Crippen LogP contribution < -0.4 is 5.32 Å². The molecule has 2 amide bonds. The Bertz CT molecular complexity index is 896. The molecular weight excluding hydrogens is 383 g/mol. The number of nitrogens with one attached hydrogen (secondary N) is 1. The highest BCUT2D eigenvalue weighted by Gasteiger charge is 2.51. The fourth-order valence-corrected chi connectivity index (χ4v) is 4.65. The third-order valence-corrected chi connectivity index (χ3v) is 6.37. The van der Waals surface area contributed by atoms with Crippen LogP contribution in [0.5, 0.6) is 0 Å². The number of amides is 2. The molecule has 0 bridgehead atoms. The van der Waals surface area contributed by atoms with Crippen LogP contribution in [0.25, 0.3) is 0 Å². The Balaban J connectivity index is 1.46. The Kier molecular flexibility index (Phi) is 6.13. The summed E-state index contributed by atoms with van der Waals surface area (Å²) in [4.78, 5) is 27.9. The first-order valence-electron chi connectivity index (χ1n) is 10.5. The number of ether oxygens (including phenoxy) is 1. The zero-order chi connectivity index (χ0) is 21.0. The molecule has 0 saturated carbocycles. The van der Waals surface area contributed by atoms with Gasteiger partial charge in [0.1, 0.15) is 5.82 Å². The van der Waals surface area contributed by atoms with E-state index in [9.17, 15) is 14.0 Å². The van der Waals surface area contributed by atoms with Gasteiger partial charge in [0, 0.05) is 43.8 Å². The fourth-order valence-electron chi connectivity index (χ4n) is 4.65. The molecule has 0 aliphatic carbocycles. The van der Waals surface area contributed by atoms with Gasteiger partial charge in [0.25, 0.3) is 0 Å². The van der Waals surface area contributed by atoms with Crippen LogP contribution in [0.15, 0.2) is 54.6 Å². The molecule has 2 heterocycles. The lowest BCUT2D eigenvalue weighted by Gasteiger charge is -2.37. The monoisotopic (exact) mass is 410 g/mol. The van der Waals surface area contributed by atoms with E-state index in [2.05, 4.69) is 5.32 Å². The molecule has 2 saturated heterocycles. The predicted molar refractivity (Wildman–Crippen MR) is 112 cm³/mol. The molecule has 0 aromatic heterocycles. The molecule has 30 heavy (non-hydrogen) atoms. The van der Waals surface area contributed by atoms with E-state index in [1.807, 2.05) is 35.2 Å². The quantitative estimate of drug-likeness (QED) is 0.819. The SMILES string of the molecule is O=C(Nc1cccc(F)c1)[C@H]1CN(C(=O)CCc2ccccc2)CC12CCOCC2. The molecule has 2 aromatic carbocycles. The number of rotatable bonds is 5. The van der Waals surface area contributed by atoms with Crippen molar-refractivity contribution in [3.05, 3.63) is 66.0 Å². The molecule has 2 fully saturated rings. The second-order valence-corrected chi connectivity index (χ2v) is 8.29. The van der Waals surface area contributed by atoms with Gasteiger partial charge in [0.05, 0.1) is 5.92 Å². The summed E-state index contributed by atoms with van der Waals surface area (Å²) in [5.74, 6) is -0.797. The Labute approximate surface area is 176 Å². The van der Waals surface area contributed by atoms with Crippen LogP contribution in [0.1, 0.15) is 24.8 Å². The number of likely N-dealkylation sites (tertiary alicyclic amines) is 1. The minimum absolute atomic E-state index is 0.0748. The van der Waals surface area contributed by atoms with Gasteiger partial charge in [0.15, 0.2) is 0 Å². The second kappa shape index (κ2) is 8.96. The van der Waals surface area contributed by atoms with E-state index in [-0.39, 0.29) is 23.1 Å². The van der Waals surface area contributed by atoms with E-state index in [4.69, 9.17) is 4.74 Å². The van der Waals surface area contributed by atoms with E-state index in [1.165, 1.54) is 12.1 Å². The van der Waals surface area contributed by atoms with Crippen molar-refractivity contribution in [3.8, 4) is 0 Å². The maximum absolute atomic E-state index is 13.5. The third-order valence-electron chi connectivity index (χ3n) is 6.37. The van der Waals surface area contributed by atoms with E-state index in [0.29, 0.717) is 44.8 Å².